The Morgan fingerprint density at radius 2 is 1.68 bits per heavy atom. The predicted octanol–water partition coefficient (Wildman–Crippen LogP) is 5.75. The summed E-state index contributed by atoms with van der Waals surface area (Å²) >= 11 is 0. The standard InChI is InChI=1S/C27H30N4O2S/c1-6-28-25-19(4)11-9-12-21(25)16-29-27-30-26-23(34(32,33)31-27)15-14-18(3)24(26)20(5)22-13-8-7-10-17(22)2/h6-15,20H,16H2,1-5H3,(H2,29,30,31). The molecule has 1 atom stereocenters. The summed E-state index contributed by atoms with van der Waals surface area (Å²) in [6, 6.07) is 17.6. The van der Waals surface area contributed by atoms with Crippen molar-refractivity contribution >= 4 is 33.6 Å². The Morgan fingerprint density at radius 1 is 0.941 bits per heavy atom. The zero-order chi connectivity index (χ0) is 24.5. The first-order chi connectivity index (χ1) is 16.2. The molecule has 3 aromatic rings. The van der Waals surface area contributed by atoms with Crippen molar-refractivity contribution in [2.24, 2.45) is 9.98 Å². The molecule has 7 heteroatoms. The first-order valence-corrected chi connectivity index (χ1v) is 12.8. The van der Waals surface area contributed by atoms with Gasteiger partial charge in [-0.2, -0.15) is 0 Å². The van der Waals surface area contributed by atoms with Crippen LogP contribution in [-0.2, 0) is 16.6 Å². The van der Waals surface area contributed by atoms with E-state index < -0.39 is 10.0 Å². The molecular formula is C27H30N4O2S. The molecule has 0 saturated heterocycles. The Kier molecular flexibility index (Phi) is 6.57. The van der Waals surface area contributed by atoms with Crippen molar-refractivity contribution in [3.8, 4) is 0 Å². The molecule has 0 saturated carbocycles. The Labute approximate surface area is 201 Å². The number of nitrogens with zero attached hydrogens (tertiary/aromatic N) is 2. The fourth-order valence-corrected chi connectivity index (χ4v) is 5.72. The summed E-state index contributed by atoms with van der Waals surface area (Å²) in [6.45, 7) is 10.4. The van der Waals surface area contributed by atoms with Gasteiger partial charge in [0.2, 0.25) is 5.96 Å². The van der Waals surface area contributed by atoms with E-state index >= 15 is 0 Å². The van der Waals surface area contributed by atoms with Crippen LogP contribution < -0.4 is 10.0 Å². The largest absolute Gasteiger partial charge is 0.324 e. The van der Waals surface area contributed by atoms with Crippen molar-refractivity contribution in [2.75, 3.05) is 5.32 Å². The maximum Gasteiger partial charge on any atom is 0.266 e. The second-order valence-electron chi connectivity index (χ2n) is 8.61. The van der Waals surface area contributed by atoms with E-state index in [1.807, 2.05) is 57.2 Å². The molecule has 1 unspecified atom stereocenters. The van der Waals surface area contributed by atoms with Crippen LogP contribution in [0.1, 0.15) is 53.1 Å². The van der Waals surface area contributed by atoms with Gasteiger partial charge in [0.15, 0.2) is 0 Å². The summed E-state index contributed by atoms with van der Waals surface area (Å²) in [6.07, 6.45) is 1.75. The Balaban J connectivity index is 1.77. The van der Waals surface area contributed by atoms with Gasteiger partial charge in [-0.15, -0.1) is 0 Å². The summed E-state index contributed by atoms with van der Waals surface area (Å²) in [5, 5.41) is 3.29. The number of aliphatic imine (C=N–C) groups is 2. The van der Waals surface area contributed by atoms with Crippen LogP contribution in [0, 0.1) is 20.8 Å². The van der Waals surface area contributed by atoms with E-state index in [2.05, 4.69) is 46.0 Å². The van der Waals surface area contributed by atoms with Gasteiger partial charge in [-0.25, -0.2) is 18.1 Å². The van der Waals surface area contributed by atoms with E-state index in [1.54, 1.807) is 12.3 Å². The maximum absolute atomic E-state index is 13.2. The van der Waals surface area contributed by atoms with E-state index in [-0.39, 0.29) is 16.8 Å². The molecule has 176 valence electrons. The smallest absolute Gasteiger partial charge is 0.266 e. The van der Waals surface area contributed by atoms with Crippen LogP contribution in [0.2, 0.25) is 0 Å². The average Bonchev–Trinajstić information content (AvgIpc) is 2.79. The molecule has 4 rings (SSSR count). The van der Waals surface area contributed by atoms with Crippen LogP contribution in [0.15, 0.2) is 69.5 Å². The second-order valence-corrected chi connectivity index (χ2v) is 10.3. The van der Waals surface area contributed by atoms with Gasteiger partial charge < -0.3 is 5.32 Å². The SMILES string of the molecule is CC=Nc1c(C)cccc1CN=C1Nc2c(ccc(C)c2C(C)c2ccccc2C)S(=O)(=O)N1. The molecule has 0 aromatic heterocycles. The van der Waals surface area contributed by atoms with Gasteiger partial charge in [0.1, 0.15) is 4.90 Å². The van der Waals surface area contributed by atoms with Crippen molar-refractivity contribution in [2.45, 2.75) is 52.0 Å². The van der Waals surface area contributed by atoms with E-state index in [0.29, 0.717) is 12.2 Å². The number of fused-ring (bicyclic) bond motifs is 1. The molecule has 1 heterocycles. The summed E-state index contributed by atoms with van der Waals surface area (Å²) in [5.74, 6) is 0.213. The van der Waals surface area contributed by atoms with E-state index in [1.165, 1.54) is 5.56 Å². The third-order valence-corrected chi connectivity index (χ3v) is 7.65. The van der Waals surface area contributed by atoms with Gasteiger partial charge in [0.05, 0.1) is 17.9 Å². The lowest BCUT2D eigenvalue weighted by Crippen LogP contribution is -2.41. The highest BCUT2D eigenvalue weighted by Crippen LogP contribution is 2.39. The highest BCUT2D eigenvalue weighted by molar-refractivity contribution is 7.90. The van der Waals surface area contributed by atoms with Crippen LogP contribution in [0.3, 0.4) is 0 Å². The van der Waals surface area contributed by atoms with E-state index in [0.717, 1.165) is 33.5 Å². The van der Waals surface area contributed by atoms with Crippen molar-refractivity contribution in [3.63, 3.8) is 0 Å². The first kappa shape index (κ1) is 23.7. The highest BCUT2D eigenvalue weighted by atomic mass is 32.2. The molecule has 1 aliphatic rings. The number of nitrogens with one attached hydrogen (secondary N) is 2. The van der Waals surface area contributed by atoms with Gasteiger partial charge in [0, 0.05) is 12.1 Å². The fourth-order valence-electron chi connectivity index (χ4n) is 4.57. The zero-order valence-corrected chi connectivity index (χ0v) is 21.0. The Bertz CT molecular complexity index is 1410. The monoisotopic (exact) mass is 474 g/mol. The third-order valence-electron chi connectivity index (χ3n) is 6.26. The number of sulfonamides is 1. The number of hydrogen-bond donors (Lipinski definition) is 2. The third kappa shape index (κ3) is 4.48. The Morgan fingerprint density at radius 3 is 2.41 bits per heavy atom. The molecular weight excluding hydrogens is 444 g/mol. The number of aryl methyl sites for hydroxylation is 3. The van der Waals surface area contributed by atoms with Crippen molar-refractivity contribution in [1.82, 2.24) is 4.72 Å². The topological polar surface area (TPSA) is 82.9 Å². The number of rotatable bonds is 5. The van der Waals surface area contributed by atoms with Crippen molar-refractivity contribution in [1.29, 1.82) is 0 Å². The summed E-state index contributed by atoms with van der Waals surface area (Å²) in [4.78, 5) is 9.30. The minimum absolute atomic E-state index is 0.000432. The van der Waals surface area contributed by atoms with Crippen LogP contribution in [0.25, 0.3) is 0 Å². The molecule has 1 aliphatic heterocycles. The number of benzene rings is 3. The minimum Gasteiger partial charge on any atom is -0.324 e. The maximum atomic E-state index is 13.2. The van der Waals surface area contributed by atoms with E-state index in [9.17, 15) is 8.42 Å². The van der Waals surface area contributed by atoms with Crippen molar-refractivity contribution in [3.05, 3.63) is 88.0 Å². The van der Waals surface area contributed by atoms with Gasteiger partial charge in [0.25, 0.3) is 10.0 Å². The van der Waals surface area contributed by atoms with Gasteiger partial charge in [-0.3, -0.25) is 4.99 Å². The predicted molar refractivity (Wildman–Crippen MR) is 140 cm³/mol. The lowest BCUT2D eigenvalue weighted by molar-refractivity contribution is 0.591. The molecule has 0 fully saturated rings. The van der Waals surface area contributed by atoms with Crippen LogP contribution in [0.4, 0.5) is 11.4 Å². The highest BCUT2D eigenvalue weighted by Gasteiger charge is 2.31. The molecule has 0 bridgehead atoms. The van der Waals surface area contributed by atoms with Crippen molar-refractivity contribution < 1.29 is 8.42 Å². The van der Waals surface area contributed by atoms with Gasteiger partial charge >= 0.3 is 0 Å². The number of guanidine groups is 1. The van der Waals surface area contributed by atoms with Crippen LogP contribution in [-0.4, -0.2) is 20.6 Å². The lowest BCUT2D eigenvalue weighted by atomic mass is 9.86. The van der Waals surface area contributed by atoms with Gasteiger partial charge in [-0.1, -0.05) is 55.5 Å². The minimum atomic E-state index is -3.76. The summed E-state index contributed by atoms with van der Waals surface area (Å²) in [7, 11) is -3.76. The second kappa shape index (κ2) is 9.43. The first-order valence-electron chi connectivity index (χ1n) is 11.3. The molecule has 2 N–H and O–H groups in total. The quantitative estimate of drug-likeness (QED) is 0.462. The fraction of sp³-hybridized carbons (Fsp3) is 0.259. The Hall–Kier alpha value is -3.45. The lowest BCUT2D eigenvalue weighted by Gasteiger charge is -2.28. The number of hydrogen-bond acceptors (Lipinski definition) is 4. The number of para-hydroxylation sites is 1. The molecule has 0 aliphatic carbocycles. The molecule has 0 amide bonds. The van der Waals surface area contributed by atoms with Crippen LogP contribution >= 0.6 is 0 Å². The molecule has 34 heavy (non-hydrogen) atoms. The molecule has 6 nitrogen and oxygen atoms in total. The van der Waals surface area contributed by atoms with E-state index in [4.69, 9.17) is 0 Å². The van der Waals surface area contributed by atoms with Gasteiger partial charge in [-0.05, 0) is 67.1 Å². The summed E-state index contributed by atoms with van der Waals surface area (Å²) < 4.78 is 28.9. The number of anilines is 1. The molecule has 0 spiro atoms. The van der Waals surface area contributed by atoms with Crippen LogP contribution in [0.5, 0.6) is 0 Å². The zero-order valence-electron chi connectivity index (χ0n) is 20.2. The average molecular weight is 475 g/mol. The summed E-state index contributed by atoms with van der Waals surface area (Å²) in [5.41, 5.74) is 7.73. The molecule has 3 aromatic carbocycles. The normalized spacial score (nSPS) is 16.7. The molecule has 0 radical (unpaired) electrons.